The molecule has 0 radical (unpaired) electrons. The molecule has 0 aromatic heterocycles. The molecule has 0 bridgehead atoms. The van der Waals surface area contributed by atoms with Gasteiger partial charge in [-0.25, -0.2) is 0 Å². The summed E-state index contributed by atoms with van der Waals surface area (Å²) in [5.74, 6) is 0.253. The summed E-state index contributed by atoms with van der Waals surface area (Å²) in [4.78, 5) is 12.0. The zero-order valence-electron chi connectivity index (χ0n) is 11.9. The van der Waals surface area contributed by atoms with Crippen molar-refractivity contribution < 1.29 is 4.79 Å². The Hall–Kier alpha value is -0.570. The van der Waals surface area contributed by atoms with Crippen LogP contribution in [0, 0.1) is 5.41 Å². The van der Waals surface area contributed by atoms with Gasteiger partial charge in [0.25, 0.3) is 0 Å². The first kappa shape index (κ1) is 13.9. The highest BCUT2D eigenvalue weighted by molar-refractivity contribution is 5.76. The van der Waals surface area contributed by atoms with Gasteiger partial charge in [-0.2, -0.15) is 0 Å². The SMILES string of the molecule is CC1(C)CCCCC1NC(=O)CCC1CCCN1. The Balaban J connectivity index is 1.72. The minimum Gasteiger partial charge on any atom is -0.353 e. The highest BCUT2D eigenvalue weighted by Crippen LogP contribution is 2.35. The van der Waals surface area contributed by atoms with E-state index in [1.54, 1.807) is 0 Å². The van der Waals surface area contributed by atoms with Crippen molar-refractivity contribution in [3.63, 3.8) is 0 Å². The van der Waals surface area contributed by atoms with Gasteiger partial charge in [-0.15, -0.1) is 0 Å². The fraction of sp³-hybridized carbons (Fsp3) is 0.933. The first-order valence-electron chi connectivity index (χ1n) is 7.61. The maximum Gasteiger partial charge on any atom is 0.220 e. The Morgan fingerprint density at radius 2 is 2.11 bits per heavy atom. The lowest BCUT2D eigenvalue weighted by Gasteiger charge is -2.39. The zero-order valence-corrected chi connectivity index (χ0v) is 11.9. The number of carbonyl (C=O) groups is 1. The Kier molecular flexibility index (Phi) is 4.66. The molecule has 104 valence electrons. The molecule has 2 N–H and O–H groups in total. The third kappa shape index (κ3) is 3.71. The molecule has 1 heterocycles. The van der Waals surface area contributed by atoms with Crippen LogP contribution >= 0.6 is 0 Å². The normalized spacial score (nSPS) is 31.2. The third-order valence-corrected chi connectivity index (χ3v) is 4.72. The van der Waals surface area contributed by atoms with Gasteiger partial charge in [0, 0.05) is 18.5 Å². The zero-order chi connectivity index (χ0) is 13.0. The molecule has 3 heteroatoms. The van der Waals surface area contributed by atoms with Gasteiger partial charge in [-0.1, -0.05) is 26.7 Å². The van der Waals surface area contributed by atoms with Crippen LogP contribution < -0.4 is 10.6 Å². The number of hydrogen-bond donors (Lipinski definition) is 2. The van der Waals surface area contributed by atoms with Crippen LogP contribution in [-0.2, 0) is 4.79 Å². The molecule has 1 aliphatic heterocycles. The Morgan fingerprint density at radius 1 is 1.28 bits per heavy atom. The second-order valence-corrected chi connectivity index (χ2v) is 6.69. The molecule has 2 rings (SSSR count). The Morgan fingerprint density at radius 3 is 2.78 bits per heavy atom. The molecular formula is C15H28N2O. The lowest BCUT2D eigenvalue weighted by Crippen LogP contribution is -2.47. The van der Waals surface area contributed by atoms with Gasteiger partial charge in [-0.05, 0) is 44.1 Å². The number of rotatable bonds is 4. The quantitative estimate of drug-likeness (QED) is 0.807. The van der Waals surface area contributed by atoms with Gasteiger partial charge >= 0.3 is 0 Å². The summed E-state index contributed by atoms with van der Waals surface area (Å²) in [6.07, 6.45) is 9.15. The summed E-state index contributed by atoms with van der Waals surface area (Å²) < 4.78 is 0. The summed E-state index contributed by atoms with van der Waals surface area (Å²) in [5.41, 5.74) is 0.277. The van der Waals surface area contributed by atoms with E-state index in [1.807, 2.05) is 0 Å². The molecule has 2 unspecified atom stereocenters. The average molecular weight is 252 g/mol. The molecule has 1 saturated carbocycles. The minimum absolute atomic E-state index is 0.253. The maximum atomic E-state index is 12.0. The summed E-state index contributed by atoms with van der Waals surface area (Å²) in [7, 11) is 0. The second kappa shape index (κ2) is 6.05. The largest absolute Gasteiger partial charge is 0.353 e. The second-order valence-electron chi connectivity index (χ2n) is 6.69. The van der Waals surface area contributed by atoms with Crippen molar-refractivity contribution in [3.8, 4) is 0 Å². The van der Waals surface area contributed by atoms with E-state index in [1.165, 1.54) is 32.1 Å². The average Bonchev–Trinajstić information content (AvgIpc) is 2.82. The van der Waals surface area contributed by atoms with E-state index in [0.717, 1.165) is 19.4 Å². The molecular weight excluding hydrogens is 224 g/mol. The Bertz CT molecular complexity index is 282. The molecule has 18 heavy (non-hydrogen) atoms. The molecule has 1 saturated heterocycles. The van der Waals surface area contributed by atoms with Crippen molar-refractivity contribution in [2.75, 3.05) is 6.54 Å². The summed E-state index contributed by atoms with van der Waals surface area (Å²) in [6, 6.07) is 0.963. The van der Waals surface area contributed by atoms with Gasteiger partial charge in [0.05, 0.1) is 0 Å². The van der Waals surface area contributed by atoms with Gasteiger partial charge in [-0.3, -0.25) is 4.79 Å². The summed E-state index contributed by atoms with van der Waals surface area (Å²) in [5, 5.41) is 6.72. The minimum atomic E-state index is 0.253. The van der Waals surface area contributed by atoms with Crippen LogP contribution in [0.25, 0.3) is 0 Å². The van der Waals surface area contributed by atoms with Crippen LogP contribution in [0.5, 0.6) is 0 Å². The molecule has 0 aromatic carbocycles. The van der Waals surface area contributed by atoms with E-state index in [0.29, 0.717) is 18.5 Å². The fourth-order valence-corrected chi connectivity index (χ4v) is 3.34. The summed E-state index contributed by atoms with van der Waals surface area (Å²) in [6.45, 7) is 5.70. The molecule has 0 spiro atoms. The molecule has 2 aliphatic rings. The smallest absolute Gasteiger partial charge is 0.220 e. The lowest BCUT2D eigenvalue weighted by atomic mass is 9.73. The van der Waals surface area contributed by atoms with Gasteiger partial charge in [0.15, 0.2) is 0 Å². The van der Waals surface area contributed by atoms with Crippen LogP contribution in [-0.4, -0.2) is 24.5 Å². The molecule has 1 amide bonds. The predicted octanol–water partition coefficient (Wildman–Crippen LogP) is 2.60. The Labute approximate surface area is 111 Å². The van der Waals surface area contributed by atoms with Crippen LogP contribution in [0.1, 0.15) is 65.2 Å². The van der Waals surface area contributed by atoms with Crippen molar-refractivity contribution in [1.82, 2.24) is 10.6 Å². The number of hydrogen-bond acceptors (Lipinski definition) is 2. The van der Waals surface area contributed by atoms with Gasteiger partial charge in [0.1, 0.15) is 0 Å². The third-order valence-electron chi connectivity index (χ3n) is 4.72. The predicted molar refractivity (Wildman–Crippen MR) is 74.4 cm³/mol. The van der Waals surface area contributed by atoms with Crippen molar-refractivity contribution in [2.24, 2.45) is 5.41 Å². The monoisotopic (exact) mass is 252 g/mol. The molecule has 0 aromatic rings. The molecule has 3 nitrogen and oxygen atoms in total. The fourth-order valence-electron chi connectivity index (χ4n) is 3.34. The van der Waals surface area contributed by atoms with E-state index in [-0.39, 0.29) is 11.3 Å². The van der Waals surface area contributed by atoms with Crippen molar-refractivity contribution in [3.05, 3.63) is 0 Å². The maximum absolute atomic E-state index is 12.0. The standard InChI is InChI=1S/C15H28N2O/c1-15(2)10-4-3-7-13(15)17-14(18)9-8-12-6-5-11-16-12/h12-13,16H,3-11H2,1-2H3,(H,17,18). The van der Waals surface area contributed by atoms with E-state index >= 15 is 0 Å². The van der Waals surface area contributed by atoms with Crippen LogP contribution in [0.15, 0.2) is 0 Å². The van der Waals surface area contributed by atoms with E-state index < -0.39 is 0 Å². The summed E-state index contributed by atoms with van der Waals surface area (Å²) >= 11 is 0. The highest BCUT2D eigenvalue weighted by atomic mass is 16.1. The molecule has 2 atom stereocenters. The van der Waals surface area contributed by atoms with Crippen molar-refractivity contribution in [1.29, 1.82) is 0 Å². The van der Waals surface area contributed by atoms with E-state index in [2.05, 4.69) is 24.5 Å². The van der Waals surface area contributed by atoms with Crippen molar-refractivity contribution in [2.45, 2.75) is 77.3 Å². The first-order chi connectivity index (χ1) is 8.58. The van der Waals surface area contributed by atoms with Crippen LogP contribution in [0.3, 0.4) is 0 Å². The van der Waals surface area contributed by atoms with E-state index in [9.17, 15) is 4.79 Å². The van der Waals surface area contributed by atoms with Gasteiger partial charge in [0.2, 0.25) is 5.91 Å². The van der Waals surface area contributed by atoms with Gasteiger partial charge < -0.3 is 10.6 Å². The number of nitrogens with one attached hydrogen (secondary N) is 2. The lowest BCUT2D eigenvalue weighted by molar-refractivity contribution is -0.123. The number of carbonyl (C=O) groups excluding carboxylic acids is 1. The van der Waals surface area contributed by atoms with Crippen molar-refractivity contribution >= 4 is 5.91 Å². The highest BCUT2D eigenvalue weighted by Gasteiger charge is 2.33. The van der Waals surface area contributed by atoms with E-state index in [4.69, 9.17) is 0 Å². The van der Waals surface area contributed by atoms with Crippen LogP contribution in [0.2, 0.25) is 0 Å². The molecule has 2 fully saturated rings. The molecule has 1 aliphatic carbocycles. The first-order valence-corrected chi connectivity index (χ1v) is 7.61. The topological polar surface area (TPSA) is 41.1 Å². The van der Waals surface area contributed by atoms with Crippen LogP contribution in [0.4, 0.5) is 0 Å². The number of amides is 1.